The number of methoxy groups -OCH3 is 1. The third-order valence-corrected chi connectivity index (χ3v) is 7.77. The smallest absolute Gasteiger partial charge is 0.490 e. The lowest BCUT2D eigenvalue weighted by Gasteiger charge is -2.31. The summed E-state index contributed by atoms with van der Waals surface area (Å²) in [6.07, 6.45) is -5.08. The number of carbonyl (C=O) groups excluding carboxylic acids is 2. The number of carboxylic acids is 1. The summed E-state index contributed by atoms with van der Waals surface area (Å²) in [6.45, 7) is 7.77. The van der Waals surface area contributed by atoms with Crippen LogP contribution in [0.15, 0.2) is 47.4 Å². The molecule has 1 aliphatic heterocycles. The molecule has 1 fully saturated rings. The summed E-state index contributed by atoms with van der Waals surface area (Å²) < 4.78 is 66.0. The van der Waals surface area contributed by atoms with Gasteiger partial charge in [0.05, 0.1) is 29.9 Å². The quantitative estimate of drug-likeness (QED) is 0.360. The van der Waals surface area contributed by atoms with E-state index in [1.54, 1.807) is 42.3 Å². The molecule has 1 saturated heterocycles. The highest BCUT2D eigenvalue weighted by molar-refractivity contribution is 7.92. The molecule has 12 nitrogen and oxygen atoms in total. The Morgan fingerprint density at radius 3 is 2.09 bits per heavy atom. The molecule has 43 heavy (non-hydrogen) atoms. The lowest BCUT2D eigenvalue weighted by atomic mass is 10.1. The van der Waals surface area contributed by atoms with Crippen LogP contribution in [-0.2, 0) is 19.6 Å². The summed E-state index contributed by atoms with van der Waals surface area (Å²) in [6, 6.07) is 11.1. The molecule has 2 amide bonds. The minimum absolute atomic E-state index is 0.0625. The van der Waals surface area contributed by atoms with E-state index in [2.05, 4.69) is 14.9 Å². The molecule has 2 aromatic rings. The summed E-state index contributed by atoms with van der Waals surface area (Å²) in [5, 5.41) is 10.4. The second-order valence-corrected chi connectivity index (χ2v) is 11.0. The van der Waals surface area contributed by atoms with Gasteiger partial charge in [-0.2, -0.15) is 13.2 Å². The Morgan fingerprint density at radius 1 is 1.05 bits per heavy atom. The molecule has 0 saturated carbocycles. The van der Waals surface area contributed by atoms with E-state index >= 15 is 0 Å². The van der Waals surface area contributed by atoms with Gasteiger partial charge in [-0.05, 0) is 56.3 Å². The third kappa shape index (κ3) is 10.0. The van der Waals surface area contributed by atoms with Gasteiger partial charge in [-0.15, -0.1) is 0 Å². The van der Waals surface area contributed by atoms with Crippen molar-refractivity contribution in [2.24, 2.45) is 0 Å². The summed E-state index contributed by atoms with van der Waals surface area (Å²) in [5.74, 6) is -2.72. The van der Waals surface area contributed by atoms with Crippen LogP contribution >= 0.6 is 0 Å². The van der Waals surface area contributed by atoms with Gasteiger partial charge in [-0.1, -0.05) is 0 Å². The number of likely N-dealkylation sites (N-methyl/N-ethyl adjacent to an activating group) is 2. The zero-order chi connectivity index (χ0) is 32.4. The Bertz CT molecular complexity index is 1360. The van der Waals surface area contributed by atoms with Gasteiger partial charge in [0.2, 0.25) is 5.91 Å². The predicted octanol–water partition coefficient (Wildman–Crippen LogP) is 2.48. The number of rotatable bonds is 10. The number of halogens is 3. The van der Waals surface area contributed by atoms with Crippen molar-refractivity contribution >= 4 is 39.2 Å². The lowest BCUT2D eigenvalue weighted by Crippen LogP contribution is -2.44. The number of aliphatic carboxylic acids is 1. The molecular formula is C27H36F3N5O7S. The second-order valence-electron chi connectivity index (χ2n) is 9.28. The van der Waals surface area contributed by atoms with Gasteiger partial charge in [0, 0.05) is 51.9 Å². The number of anilines is 2. The molecule has 0 spiro atoms. The number of hydrogen-bond donors (Lipinski definition) is 3. The number of nitrogens with one attached hydrogen (secondary N) is 2. The van der Waals surface area contributed by atoms with E-state index in [0.29, 0.717) is 43.3 Å². The number of piperazine rings is 1. The van der Waals surface area contributed by atoms with Crippen LogP contribution in [0.5, 0.6) is 5.75 Å². The maximum Gasteiger partial charge on any atom is 0.490 e. The van der Waals surface area contributed by atoms with E-state index < -0.39 is 22.2 Å². The van der Waals surface area contributed by atoms with E-state index in [9.17, 15) is 31.2 Å². The number of alkyl halides is 3. The van der Waals surface area contributed by atoms with Crippen molar-refractivity contribution < 1.29 is 45.8 Å². The molecule has 3 rings (SSSR count). The minimum atomic E-state index is -5.08. The van der Waals surface area contributed by atoms with Crippen LogP contribution in [0, 0.1) is 0 Å². The van der Waals surface area contributed by atoms with Crippen molar-refractivity contribution in [2.75, 3.05) is 69.6 Å². The Labute approximate surface area is 248 Å². The molecule has 0 unspecified atom stereocenters. The highest BCUT2D eigenvalue weighted by Gasteiger charge is 2.38. The number of nitrogens with zero attached hydrogens (tertiary/aromatic N) is 3. The normalized spacial score (nSPS) is 13.3. The van der Waals surface area contributed by atoms with E-state index in [0.717, 1.165) is 13.1 Å². The first-order valence-corrected chi connectivity index (χ1v) is 14.7. The Morgan fingerprint density at radius 2 is 1.60 bits per heavy atom. The van der Waals surface area contributed by atoms with E-state index in [4.69, 9.17) is 14.6 Å². The van der Waals surface area contributed by atoms with E-state index in [-0.39, 0.29) is 28.8 Å². The van der Waals surface area contributed by atoms with Gasteiger partial charge in [-0.3, -0.25) is 14.3 Å². The summed E-state index contributed by atoms with van der Waals surface area (Å²) >= 11 is 0. The fourth-order valence-electron chi connectivity index (χ4n) is 4.06. The molecular weight excluding hydrogens is 595 g/mol. The molecule has 238 valence electrons. The molecule has 0 radical (unpaired) electrons. The first-order chi connectivity index (χ1) is 20.1. The molecule has 16 heteroatoms. The van der Waals surface area contributed by atoms with E-state index in [1.807, 2.05) is 13.8 Å². The fraction of sp³-hybridized carbons (Fsp3) is 0.444. The van der Waals surface area contributed by atoms with Gasteiger partial charge in [0.25, 0.3) is 15.9 Å². The Hall–Kier alpha value is -4.05. The average molecular weight is 632 g/mol. The van der Waals surface area contributed by atoms with Crippen LogP contribution in [0.4, 0.5) is 24.5 Å². The van der Waals surface area contributed by atoms with Gasteiger partial charge in [0.1, 0.15) is 5.75 Å². The first-order valence-electron chi connectivity index (χ1n) is 13.2. The number of ether oxygens (including phenoxy) is 1. The van der Waals surface area contributed by atoms with Crippen LogP contribution < -0.4 is 19.7 Å². The standard InChI is InChI=1S/C25H35N5O5S.C2HF3O2/c1-5-29(6-2)24(31)18-28(3)25(32)19-7-12-23(30-15-13-26-14-16-30)22(17-19)27-36(33,34)21-10-8-20(35-4)9-11-21;3-2(4,5)1(6)7/h7-12,17,26-27H,5-6,13-16,18H2,1-4H3;(H,6,7). The van der Waals surface area contributed by atoms with Crippen molar-refractivity contribution in [1.29, 1.82) is 0 Å². The largest absolute Gasteiger partial charge is 0.497 e. The van der Waals surface area contributed by atoms with Crippen molar-refractivity contribution in [1.82, 2.24) is 15.1 Å². The number of sulfonamides is 1. The summed E-state index contributed by atoms with van der Waals surface area (Å²) in [5.41, 5.74) is 1.28. The molecule has 3 N–H and O–H groups in total. The zero-order valence-electron chi connectivity index (χ0n) is 24.3. The Kier molecular flexibility index (Phi) is 12.6. The maximum atomic E-state index is 13.2. The fourth-order valence-corrected chi connectivity index (χ4v) is 5.13. The second kappa shape index (κ2) is 15.4. The van der Waals surface area contributed by atoms with Crippen molar-refractivity contribution in [3.05, 3.63) is 48.0 Å². The molecule has 1 heterocycles. The van der Waals surface area contributed by atoms with Crippen molar-refractivity contribution in [3.8, 4) is 5.75 Å². The van der Waals surface area contributed by atoms with E-state index in [1.165, 1.54) is 24.1 Å². The first kappa shape index (κ1) is 35.1. The highest BCUT2D eigenvalue weighted by Crippen LogP contribution is 2.31. The predicted molar refractivity (Wildman–Crippen MR) is 154 cm³/mol. The number of benzene rings is 2. The van der Waals surface area contributed by atoms with Crippen LogP contribution in [-0.4, -0.2) is 107 Å². The molecule has 0 aromatic heterocycles. The van der Waals surface area contributed by atoms with Crippen LogP contribution in [0.3, 0.4) is 0 Å². The number of carboxylic acid groups (broad SMARTS) is 1. The van der Waals surface area contributed by atoms with Crippen molar-refractivity contribution in [2.45, 2.75) is 24.9 Å². The third-order valence-electron chi connectivity index (χ3n) is 6.39. The zero-order valence-corrected chi connectivity index (χ0v) is 25.1. The molecule has 2 aromatic carbocycles. The molecule has 0 atom stereocenters. The minimum Gasteiger partial charge on any atom is -0.497 e. The van der Waals surface area contributed by atoms with Gasteiger partial charge >= 0.3 is 12.1 Å². The van der Waals surface area contributed by atoms with Crippen molar-refractivity contribution in [3.63, 3.8) is 0 Å². The number of amides is 2. The van der Waals surface area contributed by atoms with Crippen LogP contribution in [0.25, 0.3) is 0 Å². The highest BCUT2D eigenvalue weighted by atomic mass is 32.2. The lowest BCUT2D eigenvalue weighted by molar-refractivity contribution is -0.192. The summed E-state index contributed by atoms with van der Waals surface area (Å²) in [4.78, 5) is 39.7. The number of carbonyl (C=O) groups is 3. The SMILES string of the molecule is CCN(CC)C(=O)CN(C)C(=O)c1ccc(N2CCNCC2)c(NS(=O)(=O)c2ccc(OC)cc2)c1.O=C(O)C(F)(F)F. The van der Waals surface area contributed by atoms with Gasteiger partial charge < -0.3 is 29.9 Å². The Balaban J connectivity index is 0.000000821. The maximum absolute atomic E-state index is 13.2. The average Bonchev–Trinajstić information content (AvgIpc) is 2.97. The number of hydrogen-bond acceptors (Lipinski definition) is 8. The molecule has 1 aliphatic rings. The molecule has 0 aliphatic carbocycles. The monoisotopic (exact) mass is 631 g/mol. The molecule has 0 bridgehead atoms. The van der Waals surface area contributed by atoms with Crippen LogP contribution in [0.2, 0.25) is 0 Å². The summed E-state index contributed by atoms with van der Waals surface area (Å²) in [7, 11) is -0.858. The van der Waals surface area contributed by atoms with Gasteiger partial charge in [-0.25, -0.2) is 13.2 Å². The van der Waals surface area contributed by atoms with Gasteiger partial charge in [0.15, 0.2) is 0 Å². The van der Waals surface area contributed by atoms with Crippen LogP contribution in [0.1, 0.15) is 24.2 Å². The topological polar surface area (TPSA) is 149 Å².